The highest BCUT2D eigenvalue weighted by molar-refractivity contribution is 6.30. The molecule has 3 atom stereocenters. The first-order chi connectivity index (χ1) is 18.0. The van der Waals surface area contributed by atoms with Crippen molar-refractivity contribution in [1.29, 1.82) is 0 Å². The second-order valence-electron chi connectivity index (χ2n) is 11.3. The molecule has 3 aromatic rings. The number of piperidine rings is 1. The van der Waals surface area contributed by atoms with Gasteiger partial charge in [0, 0.05) is 61.1 Å². The Morgan fingerprint density at radius 1 is 1.00 bits per heavy atom. The van der Waals surface area contributed by atoms with Crippen LogP contribution in [0.3, 0.4) is 0 Å². The number of aromatic nitrogens is 2. The van der Waals surface area contributed by atoms with E-state index < -0.39 is 5.54 Å². The maximum absolute atomic E-state index is 13.6. The molecule has 5 nitrogen and oxygen atoms in total. The van der Waals surface area contributed by atoms with Crippen LogP contribution in [0.5, 0.6) is 0 Å². The largest absolute Gasteiger partial charge is 0.343 e. The van der Waals surface area contributed by atoms with E-state index in [0.717, 1.165) is 42.9 Å². The maximum Gasteiger partial charge on any atom is 0.222 e. The molecule has 1 amide bonds. The minimum Gasteiger partial charge on any atom is -0.343 e. The summed E-state index contributed by atoms with van der Waals surface area (Å²) in [4.78, 5) is 23.1. The van der Waals surface area contributed by atoms with E-state index in [2.05, 4.69) is 70.8 Å². The minimum absolute atomic E-state index is 0.265. The summed E-state index contributed by atoms with van der Waals surface area (Å²) in [5.41, 5.74) is 3.02. The molecule has 6 rings (SSSR count). The first-order valence-electron chi connectivity index (χ1n) is 13.9. The van der Waals surface area contributed by atoms with Crippen LogP contribution in [-0.2, 0) is 10.3 Å². The van der Waals surface area contributed by atoms with Crippen LogP contribution in [0.1, 0.15) is 63.5 Å². The topological polar surface area (TPSA) is 41.4 Å². The second-order valence-corrected chi connectivity index (χ2v) is 11.8. The van der Waals surface area contributed by atoms with Gasteiger partial charge in [0.25, 0.3) is 0 Å². The Kier molecular flexibility index (Phi) is 6.62. The lowest BCUT2D eigenvalue weighted by molar-refractivity contribution is -0.133. The summed E-state index contributed by atoms with van der Waals surface area (Å²) in [6.45, 7) is 7.67. The molecule has 0 saturated carbocycles. The van der Waals surface area contributed by atoms with Crippen LogP contribution in [0.25, 0.3) is 11.4 Å². The van der Waals surface area contributed by atoms with Crippen LogP contribution < -0.4 is 0 Å². The molecule has 194 valence electrons. The van der Waals surface area contributed by atoms with Gasteiger partial charge in [-0.05, 0) is 75.1 Å². The molecule has 0 N–H and O–H groups in total. The van der Waals surface area contributed by atoms with Gasteiger partial charge >= 0.3 is 0 Å². The van der Waals surface area contributed by atoms with E-state index in [1.165, 1.54) is 24.9 Å². The third-order valence-electron chi connectivity index (χ3n) is 9.26. The Balaban J connectivity index is 1.19. The van der Waals surface area contributed by atoms with Crippen LogP contribution in [0.4, 0.5) is 0 Å². The van der Waals surface area contributed by atoms with Crippen LogP contribution in [0.15, 0.2) is 60.9 Å². The Hall–Kier alpha value is -2.63. The summed E-state index contributed by atoms with van der Waals surface area (Å²) in [7, 11) is 0. The van der Waals surface area contributed by atoms with E-state index in [1.54, 1.807) is 0 Å². The number of benzene rings is 2. The van der Waals surface area contributed by atoms with E-state index in [1.807, 2.05) is 18.3 Å². The zero-order valence-electron chi connectivity index (χ0n) is 21.9. The number of nitrogens with zero attached hydrogens (tertiary/aromatic N) is 4. The molecule has 37 heavy (non-hydrogen) atoms. The lowest BCUT2D eigenvalue weighted by Gasteiger charge is -2.37. The van der Waals surface area contributed by atoms with Gasteiger partial charge in [-0.1, -0.05) is 48.0 Å². The molecule has 0 aliphatic carbocycles. The van der Waals surface area contributed by atoms with Crippen LogP contribution in [0.2, 0.25) is 5.02 Å². The third-order valence-corrected chi connectivity index (χ3v) is 9.51. The standard InChI is InChI=1S/C31H37ClN4O/c1-22-7-8-23(2)35(22)21-24-14-18-34(19-15-24)29(37)13-16-31(25-9-11-26(32)12-10-25)28-6-4-3-5-27(28)30-33-17-20-36(30)31/h3-6,9-12,17,20,22-24H,7-8,13-16,18-19,21H2,1-2H3. The molecule has 2 fully saturated rings. The quantitative estimate of drug-likeness (QED) is 0.391. The third kappa shape index (κ3) is 4.30. The number of carbonyl (C=O) groups is 1. The highest BCUT2D eigenvalue weighted by Crippen LogP contribution is 2.49. The van der Waals surface area contributed by atoms with Crippen molar-refractivity contribution in [2.45, 2.75) is 70.0 Å². The summed E-state index contributed by atoms with van der Waals surface area (Å²) in [5.74, 6) is 1.92. The normalized spacial score (nSPS) is 25.9. The first kappa shape index (κ1) is 24.7. The molecule has 3 aliphatic heterocycles. The average Bonchev–Trinajstić information content (AvgIpc) is 3.60. The zero-order valence-corrected chi connectivity index (χ0v) is 22.7. The lowest BCUT2D eigenvalue weighted by Crippen LogP contribution is -2.44. The highest BCUT2D eigenvalue weighted by atomic mass is 35.5. The fourth-order valence-corrected chi connectivity index (χ4v) is 7.24. The number of amides is 1. The molecule has 1 aromatic heterocycles. The van der Waals surface area contributed by atoms with Crippen LogP contribution in [0, 0.1) is 5.92 Å². The van der Waals surface area contributed by atoms with Crippen molar-refractivity contribution in [2.24, 2.45) is 5.92 Å². The SMILES string of the molecule is CC1CCC(C)N1CC1CCN(C(=O)CCC2(c3ccc(Cl)cc3)c3ccccc3-c3nccn32)CC1. The monoisotopic (exact) mass is 516 g/mol. The molecule has 0 bridgehead atoms. The summed E-state index contributed by atoms with van der Waals surface area (Å²) in [5, 5.41) is 0.715. The van der Waals surface area contributed by atoms with Gasteiger partial charge in [0.15, 0.2) is 0 Å². The van der Waals surface area contributed by atoms with Crippen molar-refractivity contribution in [1.82, 2.24) is 19.4 Å². The Labute approximate surface area is 225 Å². The van der Waals surface area contributed by atoms with Gasteiger partial charge in [0.1, 0.15) is 5.82 Å². The van der Waals surface area contributed by atoms with Crippen molar-refractivity contribution in [3.8, 4) is 11.4 Å². The number of likely N-dealkylation sites (tertiary alicyclic amines) is 2. The fraction of sp³-hybridized carbons (Fsp3) is 0.484. The highest BCUT2D eigenvalue weighted by Gasteiger charge is 2.45. The smallest absolute Gasteiger partial charge is 0.222 e. The fourth-order valence-electron chi connectivity index (χ4n) is 7.12. The summed E-state index contributed by atoms with van der Waals surface area (Å²) in [6, 6.07) is 18.0. The van der Waals surface area contributed by atoms with E-state index >= 15 is 0 Å². The molecule has 3 aliphatic rings. The van der Waals surface area contributed by atoms with Crippen molar-refractivity contribution in [2.75, 3.05) is 19.6 Å². The molecule has 0 spiro atoms. The average molecular weight is 517 g/mol. The van der Waals surface area contributed by atoms with Gasteiger partial charge in [-0.2, -0.15) is 0 Å². The number of carbonyl (C=O) groups excluding carboxylic acids is 1. The van der Waals surface area contributed by atoms with Crippen molar-refractivity contribution in [3.63, 3.8) is 0 Å². The van der Waals surface area contributed by atoms with Crippen LogP contribution >= 0.6 is 11.6 Å². The van der Waals surface area contributed by atoms with Crippen molar-refractivity contribution in [3.05, 3.63) is 77.1 Å². The van der Waals surface area contributed by atoms with Gasteiger partial charge in [0.2, 0.25) is 5.91 Å². The number of hydrogen-bond donors (Lipinski definition) is 0. The van der Waals surface area contributed by atoms with Gasteiger partial charge in [0.05, 0.1) is 5.54 Å². The molecule has 0 radical (unpaired) electrons. The van der Waals surface area contributed by atoms with E-state index in [4.69, 9.17) is 16.6 Å². The van der Waals surface area contributed by atoms with E-state index in [0.29, 0.717) is 35.9 Å². The number of halogens is 1. The molecule has 2 aromatic carbocycles. The molecule has 2 saturated heterocycles. The molecular formula is C31H37ClN4O. The number of fused-ring (bicyclic) bond motifs is 3. The van der Waals surface area contributed by atoms with E-state index in [9.17, 15) is 4.79 Å². The number of rotatable bonds is 6. The zero-order chi connectivity index (χ0) is 25.6. The van der Waals surface area contributed by atoms with Crippen molar-refractivity contribution < 1.29 is 4.79 Å². The number of hydrogen-bond acceptors (Lipinski definition) is 3. The molecule has 4 heterocycles. The molecule has 3 unspecified atom stereocenters. The Bertz CT molecular complexity index is 1250. The van der Waals surface area contributed by atoms with Crippen molar-refractivity contribution >= 4 is 17.5 Å². The molecule has 6 heteroatoms. The van der Waals surface area contributed by atoms with Gasteiger partial charge in [-0.15, -0.1) is 0 Å². The number of imidazole rings is 1. The van der Waals surface area contributed by atoms with Gasteiger partial charge in [-0.25, -0.2) is 4.98 Å². The predicted molar refractivity (Wildman–Crippen MR) is 149 cm³/mol. The predicted octanol–water partition coefficient (Wildman–Crippen LogP) is 6.20. The second kappa shape index (κ2) is 9.92. The lowest BCUT2D eigenvalue weighted by atomic mass is 9.79. The first-order valence-corrected chi connectivity index (χ1v) is 14.3. The summed E-state index contributed by atoms with van der Waals surface area (Å²) in [6.07, 6.45) is 9.96. The summed E-state index contributed by atoms with van der Waals surface area (Å²) >= 11 is 6.27. The minimum atomic E-state index is -0.469. The van der Waals surface area contributed by atoms with E-state index in [-0.39, 0.29) is 5.91 Å². The Morgan fingerprint density at radius 2 is 1.70 bits per heavy atom. The maximum atomic E-state index is 13.6. The summed E-state index contributed by atoms with van der Waals surface area (Å²) < 4.78 is 2.26. The van der Waals surface area contributed by atoms with Crippen LogP contribution in [-0.4, -0.2) is 57.0 Å². The van der Waals surface area contributed by atoms with Gasteiger partial charge in [-0.3, -0.25) is 9.69 Å². The van der Waals surface area contributed by atoms with Gasteiger partial charge < -0.3 is 9.47 Å². The Morgan fingerprint density at radius 3 is 2.43 bits per heavy atom. The molecular weight excluding hydrogens is 480 g/mol.